The van der Waals surface area contributed by atoms with Crippen LogP contribution in [0.4, 0.5) is 15.8 Å². The van der Waals surface area contributed by atoms with E-state index in [2.05, 4.69) is 5.32 Å². The lowest BCUT2D eigenvalue weighted by Crippen LogP contribution is -2.32. The van der Waals surface area contributed by atoms with Gasteiger partial charge in [0.25, 0.3) is 0 Å². The van der Waals surface area contributed by atoms with Crippen LogP contribution in [0.25, 0.3) is 0 Å². The lowest BCUT2D eigenvalue weighted by Gasteiger charge is -2.21. The predicted molar refractivity (Wildman–Crippen MR) is 100 cm³/mol. The molecule has 6 nitrogen and oxygen atoms in total. The normalized spacial score (nSPS) is 12.4. The molecule has 1 aliphatic rings. The van der Waals surface area contributed by atoms with E-state index < -0.39 is 5.82 Å². The van der Waals surface area contributed by atoms with Crippen molar-refractivity contribution in [1.29, 1.82) is 0 Å². The minimum atomic E-state index is -0.569. The Balaban J connectivity index is 1.62. The van der Waals surface area contributed by atoms with Gasteiger partial charge in [-0.3, -0.25) is 9.59 Å². The van der Waals surface area contributed by atoms with E-state index in [9.17, 15) is 14.0 Å². The number of halogens is 2. The van der Waals surface area contributed by atoms with Gasteiger partial charge in [0.15, 0.2) is 11.5 Å². The Morgan fingerprint density at radius 2 is 1.89 bits per heavy atom. The van der Waals surface area contributed by atoms with Crippen molar-refractivity contribution in [2.24, 2.45) is 0 Å². The first kappa shape index (κ1) is 19.0. The zero-order valence-corrected chi connectivity index (χ0v) is 15.4. The van der Waals surface area contributed by atoms with Crippen molar-refractivity contribution in [2.75, 3.05) is 30.0 Å². The van der Waals surface area contributed by atoms with Crippen molar-refractivity contribution in [3.05, 3.63) is 47.2 Å². The topological polar surface area (TPSA) is 67.9 Å². The van der Waals surface area contributed by atoms with Crippen LogP contribution >= 0.6 is 11.6 Å². The minimum Gasteiger partial charge on any atom is -0.486 e. The van der Waals surface area contributed by atoms with Gasteiger partial charge in [0.05, 0.1) is 5.02 Å². The molecule has 1 N–H and O–H groups in total. The summed E-state index contributed by atoms with van der Waals surface area (Å²) in [5, 5.41) is 2.68. The van der Waals surface area contributed by atoms with E-state index in [1.807, 2.05) is 0 Å². The maximum absolute atomic E-state index is 13.3. The van der Waals surface area contributed by atoms with Gasteiger partial charge >= 0.3 is 0 Å². The van der Waals surface area contributed by atoms with Crippen LogP contribution in [-0.2, 0) is 9.59 Å². The zero-order valence-electron chi connectivity index (χ0n) is 14.6. The third-order valence-corrected chi connectivity index (χ3v) is 4.27. The molecule has 0 aliphatic carbocycles. The maximum Gasteiger partial charge on any atom is 0.226 e. The first-order valence-corrected chi connectivity index (χ1v) is 8.74. The number of nitrogens with zero attached hydrogens (tertiary/aromatic N) is 1. The Bertz CT molecular complexity index is 875. The summed E-state index contributed by atoms with van der Waals surface area (Å²) in [4.78, 5) is 25.5. The number of amides is 2. The van der Waals surface area contributed by atoms with Gasteiger partial charge in [-0.25, -0.2) is 4.39 Å². The van der Waals surface area contributed by atoms with Crippen LogP contribution in [0.1, 0.15) is 13.3 Å². The second-order valence-electron chi connectivity index (χ2n) is 5.93. The number of anilines is 2. The second-order valence-corrected chi connectivity index (χ2v) is 6.33. The summed E-state index contributed by atoms with van der Waals surface area (Å²) in [6.07, 6.45) is 0.0585. The van der Waals surface area contributed by atoms with Gasteiger partial charge in [0, 0.05) is 37.3 Å². The molecular formula is C19H18ClFN2O4. The molecule has 2 aromatic carbocycles. The van der Waals surface area contributed by atoms with Crippen LogP contribution in [0.15, 0.2) is 36.4 Å². The molecule has 0 atom stereocenters. The summed E-state index contributed by atoms with van der Waals surface area (Å²) >= 11 is 5.78. The van der Waals surface area contributed by atoms with E-state index >= 15 is 0 Å². The van der Waals surface area contributed by atoms with Crippen LogP contribution in [0.3, 0.4) is 0 Å². The summed E-state index contributed by atoms with van der Waals surface area (Å²) in [5.74, 6) is 0.0942. The first-order chi connectivity index (χ1) is 12.9. The molecule has 0 fully saturated rings. The smallest absolute Gasteiger partial charge is 0.226 e. The average molecular weight is 393 g/mol. The summed E-state index contributed by atoms with van der Waals surface area (Å²) in [6, 6.07) is 9.12. The first-order valence-electron chi connectivity index (χ1n) is 8.36. The number of nitrogens with one attached hydrogen (secondary N) is 1. The third-order valence-electron chi connectivity index (χ3n) is 3.98. The standard InChI is InChI=1S/C19H18ClFN2O4/c1-12(24)23(14-3-4-16(21)15(20)11-14)7-6-19(25)22-13-2-5-17-18(10-13)27-9-8-26-17/h2-5,10-11H,6-9H2,1H3,(H,22,25). The molecular weight excluding hydrogens is 375 g/mol. The van der Waals surface area contributed by atoms with Crippen molar-refractivity contribution in [2.45, 2.75) is 13.3 Å². The van der Waals surface area contributed by atoms with Crippen LogP contribution in [0.2, 0.25) is 5.02 Å². The molecule has 142 valence electrons. The molecule has 2 amide bonds. The molecule has 0 spiro atoms. The maximum atomic E-state index is 13.3. The molecule has 0 radical (unpaired) electrons. The Kier molecular flexibility index (Phi) is 5.81. The Hall–Kier alpha value is -2.80. The van der Waals surface area contributed by atoms with Gasteiger partial charge in [-0.2, -0.15) is 0 Å². The Morgan fingerprint density at radius 1 is 1.15 bits per heavy atom. The molecule has 8 heteroatoms. The Labute approximate surface area is 160 Å². The monoisotopic (exact) mass is 392 g/mol. The van der Waals surface area contributed by atoms with Gasteiger partial charge in [-0.05, 0) is 30.3 Å². The number of rotatable bonds is 5. The van der Waals surface area contributed by atoms with E-state index in [1.165, 1.54) is 30.0 Å². The number of benzene rings is 2. The van der Waals surface area contributed by atoms with Gasteiger partial charge in [0.1, 0.15) is 19.0 Å². The van der Waals surface area contributed by atoms with Crippen molar-refractivity contribution in [3.8, 4) is 11.5 Å². The number of hydrogen-bond acceptors (Lipinski definition) is 4. The molecule has 0 unspecified atom stereocenters. The molecule has 2 aromatic rings. The molecule has 3 rings (SSSR count). The number of hydrogen-bond donors (Lipinski definition) is 1. The highest BCUT2D eigenvalue weighted by Crippen LogP contribution is 2.32. The number of carbonyl (C=O) groups excluding carboxylic acids is 2. The molecule has 1 heterocycles. The summed E-state index contributed by atoms with van der Waals surface area (Å²) in [7, 11) is 0. The van der Waals surface area contributed by atoms with E-state index in [0.29, 0.717) is 36.1 Å². The zero-order chi connectivity index (χ0) is 19.4. The van der Waals surface area contributed by atoms with Gasteiger partial charge in [-0.15, -0.1) is 0 Å². The van der Waals surface area contributed by atoms with Gasteiger partial charge in [0.2, 0.25) is 11.8 Å². The number of carbonyl (C=O) groups is 2. The van der Waals surface area contributed by atoms with Gasteiger partial charge in [-0.1, -0.05) is 11.6 Å². The Morgan fingerprint density at radius 3 is 2.59 bits per heavy atom. The number of fused-ring (bicyclic) bond motifs is 1. The van der Waals surface area contributed by atoms with E-state index in [0.717, 1.165) is 0 Å². The SMILES string of the molecule is CC(=O)N(CCC(=O)Nc1ccc2c(c1)OCCO2)c1ccc(F)c(Cl)c1. The van der Waals surface area contributed by atoms with Crippen molar-refractivity contribution < 1.29 is 23.5 Å². The molecule has 0 bridgehead atoms. The molecule has 1 aliphatic heterocycles. The largest absolute Gasteiger partial charge is 0.486 e. The quantitative estimate of drug-likeness (QED) is 0.843. The minimum absolute atomic E-state index is 0.0585. The van der Waals surface area contributed by atoms with Crippen LogP contribution in [0.5, 0.6) is 11.5 Å². The predicted octanol–water partition coefficient (Wildman–Crippen LogP) is 3.63. The lowest BCUT2D eigenvalue weighted by molar-refractivity contribution is -0.117. The highest BCUT2D eigenvalue weighted by Gasteiger charge is 2.16. The fourth-order valence-corrected chi connectivity index (χ4v) is 2.85. The highest BCUT2D eigenvalue weighted by atomic mass is 35.5. The summed E-state index contributed by atoms with van der Waals surface area (Å²) in [6.45, 7) is 2.45. The number of ether oxygens (including phenoxy) is 2. The summed E-state index contributed by atoms with van der Waals surface area (Å²) in [5.41, 5.74) is 1.00. The van der Waals surface area contributed by atoms with E-state index in [1.54, 1.807) is 18.2 Å². The fourth-order valence-electron chi connectivity index (χ4n) is 2.68. The van der Waals surface area contributed by atoms with E-state index in [4.69, 9.17) is 21.1 Å². The van der Waals surface area contributed by atoms with Crippen LogP contribution in [0, 0.1) is 5.82 Å². The molecule has 0 saturated carbocycles. The average Bonchev–Trinajstić information content (AvgIpc) is 2.64. The van der Waals surface area contributed by atoms with E-state index in [-0.39, 0.29) is 29.8 Å². The molecule has 0 saturated heterocycles. The highest BCUT2D eigenvalue weighted by molar-refractivity contribution is 6.31. The second kappa shape index (κ2) is 8.26. The van der Waals surface area contributed by atoms with Crippen LogP contribution in [-0.4, -0.2) is 31.6 Å². The van der Waals surface area contributed by atoms with Crippen molar-refractivity contribution >= 4 is 34.8 Å². The fraction of sp³-hybridized carbons (Fsp3) is 0.263. The molecule has 27 heavy (non-hydrogen) atoms. The molecule has 0 aromatic heterocycles. The van der Waals surface area contributed by atoms with Crippen molar-refractivity contribution in [3.63, 3.8) is 0 Å². The lowest BCUT2D eigenvalue weighted by atomic mass is 10.2. The van der Waals surface area contributed by atoms with Crippen LogP contribution < -0.4 is 19.7 Å². The third kappa shape index (κ3) is 4.68. The van der Waals surface area contributed by atoms with Gasteiger partial charge < -0.3 is 19.7 Å². The summed E-state index contributed by atoms with van der Waals surface area (Å²) < 4.78 is 24.2. The van der Waals surface area contributed by atoms with Crippen molar-refractivity contribution in [1.82, 2.24) is 0 Å².